The molecule has 114 valence electrons. The average Bonchev–Trinajstić information content (AvgIpc) is 2.86. The van der Waals surface area contributed by atoms with E-state index in [1.54, 1.807) is 0 Å². The summed E-state index contributed by atoms with van der Waals surface area (Å²) >= 11 is 0. The van der Waals surface area contributed by atoms with Crippen molar-refractivity contribution in [2.45, 2.75) is 33.2 Å². The van der Waals surface area contributed by atoms with Crippen LogP contribution in [0.2, 0.25) is 0 Å². The number of hydrogen-bond donors (Lipinski definition) is 1. The molecule has 1 atom stereocenters. The largest absolute Gasteiger partial charge is 0.341 e. The lowest BCUT2D eigenvalue weighted by Gasteiger charge is -2.25. The molecule has 1 unspecified atom stereocenters. The number of fused-ring (bicyclic) bond motifs is 1. The van der Waals surface area contributed by atoms with Crippen LogP contribution in [0.25, 0.3) is 11.0 Å². The predicted octanol–water partition coefficient (Wildman–Crippen LogP) is 1.97. The standard InChI is InChI=1S/C16H24N4O/c1-4-19(5-2)16(21)12(3)20-14-9-7-6-8-13(14)18-15(20)10-11-17/h6-9,12H,4-5,10-11,17H2,1-3H3. The summed E-state index contributed by atoms with van der Waals surface area (Å²) in [4.78, 5) is 19.1. The fourth-order valence-corrected chi connectivity index (χ4v) is 2.74. The van der Waals surface area contributed by atoms with Crippen LogP contribution in [0.1, 0.15) is 32.6 Å². The lowest BCUT2D eigenvalue weighted by atomic mass is 10.2. The quantitative estimate of drug-likeness (QED) is 0.884. The summed E-state index contributed by atoms with van der Waals surface area (Å²) in [5.74, 6) is 1.01. The van der Waals surface area contributed by atoms with Crippen molar-refractivity contribution in [3.05, 3.63) is 30.1 Å². The van der Waals surface area contributed by atoms with Crippen LogP contribution in [0.5, 0.6) is 0 Å². The molecule has 5 nitrogen and oxygen atoms in total. The zero-order chi connectivity index (χ0) is 15.4. The highest BCUT2D eigenvalue weighted by Gasteiger charge is 2.24. The molecular weight excluding hydrogens is 264 g/mol. The summed E-state index contributed by atoms with van der Waals surface area (Å²) in [6.45, 7) is 7.91. The molecule has 0 aliphatic rings. The first-order chi connectivity index (χ1) is 10.1. The Labute approximate surface area is 125 Å². The number of hydrogen-bond acceptors (Lipinski definition) is 3. The molecule has 0 saturated heterocycles. The van der Waals surface area contributed by atoms with Gasteiger partial charge in [-0.2, -0.15) is 0 Å². The number of likely N-dealkylation sites (N-methyl/N-ethyl adjacent to an activating group) is 1. The Kier molecular flexibility index (Phi) is 4.96. The lowest BCUT2D eigenvalue weighted by Crippen LogP contribution is -2.36. The third kappa shape index (κ3) is 2.93. The normalized spacial score (nSPS) is 12.6. The average molecular weight is 288 g/mol. The van der Waals surface area contributed by atoms with E-state index < -0.39 is 0 Å². The van der Waals surface area contributed by atoms with Crippen molar-refractivity contribution in [2.24, 2.45) is 5.73 Å². The van der Waals surface area contributed by atoms with Gasteiger partial charge in [0.05, 0.1) is 11.0 Å². The minimum absolute atomic E-state index is 0.126. The van der Waals surface area contributed by atoms with Crippen LogP contribution in [0.15, 0.2) is 24.3 Å². The van der Waals surface area contributed by atoms with Gasteiger partial charge < -0.3 is 15.2 Å². The maximum atomic E-state index is 12.6. The molecule has 1 aromatic heterocycles. The van der Waals surface area contributed by atoms with E-state index in [9.17, 15) is 4.79 Å². The Balaban J connectivity index is 2.47. The van der Waals surface area contributed by atoms with Crippen LogP contribution in [-0.2, 0) is 11.2 Å². The number of carbonyl (C=O) groups excluding carboxylic acids is 1. The Morgan fingerprint density at radius 3 is 2.62 bits per heavy atom. The number of nitrogens with zero attached hydrogens (tertiary/aromatic N) is 3. The highest BCUT2D eigenvalue weighted by Crippen LogP contribution is 2.22. The lowest BCUT2D eigenvalue weighted by molar-refractivity contribution is -0.133. The second-order valence-corrected chi connectivity index (χ2v) is 5.11. The number of imidazole rings is 1. The molecule has 0 saturated carbocycles. The Hall–Kier alpha value is -1.88. The number of aromatic nitrogens is 2. The van der Waals surface area contributed by atoms with E-state index in [2.05, 4.69) is 4.98 Å². The molecule has 1 amide bonds. The van der Waals surface area contributed by atoms with Gasteiger partial charge in [0.15, 0.2) is 0 Å². The van der Waals surface area contributed by atoms with Crippen LogP contribution in [0.3, 0.4) is 0 Å². The van der Waals surface area contributed by atoms with Crippen molar-refractivity contribution in [1.29, 1.82) is 0 Å². The molecule has 2 aromatic rings. The number of para-hydroxylation sites is 2. The number of carbonyl (C=O) groups is 1. The van der Waals surface area contributed by atoms with Crippen LogP contribution in [0, 0.1) is 0 Å². The monoisotopic (exact) mass is 288 g/mol. The first-order valence-electron chi connectivity index (χ1n) is 7.58. The van der Waals surface area contributed by atoms with Crippen molar-refractivity contribution < 1.29 is 4.79 Å². The van der Waals surface area contributed by atoms with Crippen LogP contribution in [-0.4, -0.2) is 40.0 Å². The smallest absolute Gasteiger partial charge is 0.245 e. The molecule has 0 aliphatic heterocycles. The van der Waals surface area contributed by atoms with Gasteiger partial charge >= 0.3 is 0 Å². The minimum Gasteiger partial charge on any atom is -0.341 e. The van der Waals surface area contributed by atoms with E-state index >= 15 is 0 Å². The van der Waals surface area contributed by atoms with Gasteiger partial charge in [0.2, 0.25) is 5.91 Å². The van der Waals surface area contributed by atoms with Gasteiger partial charge in [-0.15, -0.1) is 0 Å². The molecule has 2 rings (SSSR count). The van der Waals surface area contributed by atoms with Crippen LogP contribution < -0.4 is 5.73 Å². The van der Waals surface area contributed by atoms with Gasteiger partial charge in [0.25, 0.3) is 0 Å². The second kappa shape index (κ2) is 6.72. The Bertz CT molecular complexity index is 616. The van der Waals surface area contributed by atoms with E-state index in [4.69, 9.17) is 5.73 Å². The van der Waals surface area contributed by atoms with Crippen molar-refractivity contribution in [2.75, 3.05) is 19.6 Å². The van der Waals surface area contributed by atoms with E-state index in [-0.39, 0.29) is 11.9 Å². The van der Waals surface area contributed by atoms with Gasteiger partial charge in [-0.3, -0.25) is 4.79 Å². The molecule has 1 heterocycles. The maximum Gasteiger partial charge on any atom is 0.245 e. The molecule has 0 bridgehead atoms. The molecule has 5 heteroatoms. The molecule has 0 radical (unpaired) electrons. The fourth-order valence-electron chi connectivity index (χ4n) is 2.74. The summed E-state index contributed by atoms with van der Waals surface area (Å²) in [5, 5.41) is 0. The molecule has 0 spiro atoms. The summed E-state index contributed by atoms with van der Waals surface area (Å²) in [5.41, 5.74) is 7.60. The maximum absolute atomic E-state index is 12.6. The predicted molar refractivity (Wildman–Crippen MR) is 85.1 cm³/mol. The molecule has 2 N–H and O–H groups in total. The van der Waals surface area contributed by atoms with Crippen molar-refractivity contribution in [1.82, 2.24) is 14.5 Å². The van der Waals surface area contributed by atoms with E-state index in [1.165, 1.54) is 0 Å². The number of benzene rings is 1. The number of rotatable bonds is 6. The second-order valence-electron chi connectivity index (χ2n) is 5.11. The fraction of sp³-hybridized carbons (Fsp3) is 0.500. The first-order valence-corrected chi connectivity index (χ1v) is 7.58. The van der Waals surface area contributed by atoms with Crippen LogP contribution in [0.4, 0.5) is 0 Å². The third-order valence-corrected chi connectivity index (χ3v) is 3.86. The van der Waals surface area contributed by atoms with Gasteiger partial charge in [0, 0.05) is 19.5 Å². The van der Waals surface area contributed by atoms with Crippen LogP contribution >= 0.6 is 0 Å². The van der Waals surface area contributed by atoms with Crippen molar-refractivity contribution in [3.63, 3.8) is 0 Å². The molecule has 21 heavy (non-hydrogen) atoms. The highest BCUT2D eigenvalue weighted by molar-refractivity contribution is 5.84. The SMILES string of the molecule is CCN(CC)C(=O)C(C)n1c(CCN)nc2ccccc21. The first kappa shape index (κ1) is 15.5. The van der Waals surface area contributed by atoms with E-state index in [0.29, 0.717) is 13.0 Å². The Morgan fingerprint density at radius 2 is 2.00 bits per heavy atom. The number of amides is 1. The summed E-state index contributed by atoms with van der Waals surface area (Å²) in [6.07, 6.45) is 0.671. The number of nitrogens with two attached hydrogens (primary N) is 1. The molecule has 0 aliphatic carbocycles. The summed E-state index contributed by atoms with van der Waals surface area (Å²) < 4.78 is 2.03. The zero-order valence-corrected chi connectivity index (χ0v) is 13.0. The summed E-state index contributed by atoms with van der Waals surface area (Å²) in [6, 6.07) is 7.65. The van der Waals surface area contributed by atoms with Gasteiger partial charge in [0.1, 0.15) is 11.9 Å². The Morgan fingerprint density at radius 1 is 1.33 bits per heavy atom. The van der Waals surface area contributed by atoms with E-state index in [0.717, 1.165) is 29.9 Å². The third-order valence-electron chi connectivity index (χ3n) is 3.86. The highest BCUT2D eigenvalue weighted by atomic mass is 16.2. The van der Waals surface area contributed by atoms with Gasteiger partial charge in [-0.25, -0.2) is 4.98 Å². The zero-order valence-electron chi connectivity index (χ0n) is 13.0. The van der Waals surface area contributed by atoms with Crippen molar-refractivity contribution in [3.8, 4) is 0 Å². The van der Waals surface area contributed by atoms with Gasteiger partial charge in [-0.05, 0) is 39.4 Å². The minimum atomic E-state index is -0.265. The molecule has 0 fully saturated rings. The summed E-state index contributed by atoms with van der Waals surface area (Å²) in [7, 11) is 0. The molecule has 1 aromatic carbocycles. The topological polar surface area (TPSA) is 64.2 Å². The van der Waals surface area contributed by atoms with E-state index in [1.807, 2.05) is 54.5 Å². The van der Waals surface area contributed by atoms with Crippen molar-refractivity contribution >= 4 is 16.9 Å². The van der Waals surface area contributed by atoms with Gasteiger partial charge in [-0.1, -0.05) is 12.1 Å². The molecular formula is C16H24N4O.